The van der Waals surface area contributed by atoms with Gasteiger partial charge in [0.15, 0.2) is 0 Å². The van der Waals surface area contributed by atoms with E-state index in [4.69, 9.17) is 10.5 Å². The minimum atomic E-state index is -0.868. The van der Waals surface area contributed by atoms with Gasteiger partial charge in [-0.25, -0.2) is 4.39 Å². The molecule has 1 aliphatic heterocycles. The van der Waals surface area contributed by atoms with E-state index in [-0.39, 0.29) is 17.8 Å². The lowest BCUT2D eigenvalue weighted by Crippen LogP contribution is -2.53. The van der Waals surface area contributed by atoms with Crippen molar-refractivity contribution in [3.8, 4) is 0 Å². The molecule has 0 aromatic heterocycles. The third-order valence-corrected chi connectivity index (χ3v) is 4.49. The molecule has 1 saturated heterocycles. The summed E-state index contributed by atoms with van der Waals surface area (Å²) in [6.45, 7) is 7.10. The number of nitrogens with two attached hydrogens (primary N) is 1. The molecule has 2 atom stereocenters. The Morgan fingerprint density at radius 2 is 2.00 bits per heavy atom. The molecule has 134 valence electrons. The van der Waals surface area contributed by atoms with Crippen LogP contribution in [0, 0.1) is 5.82 Å². The fraction of sp³-hybridized carbons (Fsp3) is 0.611. The molecular weight excluding hydrogens is 309 g/mol. The number of amides is 1. The van der Waals surface area contributed by atoms with E-state index in [1.54, 1.807) is 19.1 Å². The molecule has 5 nitrogen and oxygen atoms in total. The number of ether oxygens (including phenoxy) is 1. The van der Waals surface area contributed by atoms with Gasteiger partial charge < -0.3 is 15.8 Å². The van der Waals surface area contributed by atoms with Crippen molar-refractivity contribution in [2.24, 2.45) is 5.73 Å². The third-order valence-electron chi connectivity index (χ3n) is 4.49. The summed E-state index contributed by atoms with van der Waals surface area (Å²) in [5.41, 5.74) is 6.21. The minimum absolute atomic E-state index is 0.0177. The van der Waals surface area contributed by atoms with Crippen LogP contribution in [0.2, 0.25) is 0 Å². The van der Waals surface area contributed by atoms with Gasteiger partial charge in [0.2, 0.25) is 5.91 Å². The standard InChI is InChI=1S/C18H28FN3O2/c1-3-8-18(2,20)17(23)21-13-16(22-9-11-24-12-10-22)14-4-6-15(19)7-5-14/h4-7,16H,3,8-13,20H2,1-2H3,(H,21,23). The molecule has 1 aromatic rings. The second-order valence-corrected chi connectivity index (χ2v) is 6.59. The Balaban J connectivity index is 2.08. The summed E-state index contributed by atoms with van der Waals surface area (Å²) in [4.78, 5) is 14.6. The van der Waals surface area contributed by atoms with Gasteiger partial charge in [-0.05, 0) is 31.0 Å². The van der Waals surface area contributed by atoms with Crippen molar-refractivity contribution in [1.29, 1.82) is 0 Å². The van der Waals surface area contributed by atoms with Crippen molar-refractivity contribution in [2.45, 2.75) is 38.3 Å². The number of carbonyl (C=O) groups excluding carboxylic acids is 1. The molecule has 1 aliphatic rings. The predicted octanol–water partition coefficient (Wildman–Crippen LogP) is 1.83. The molecule has 0 bridgehead atoms. The number of halogens is 1. The zero-order valence-electron chi connectivity index (χ0n) is 14.6. The molecule has 1 amide bonds. The highest BCUT2D eigenvalue weighted by Crippen LogP contribution is 2.22. The van der Waals surface area contributed by atoms with E-state index >= 15 is 0 Å². The number of hydrogen-bond donors (Lipinski definition) is 2. The zero-order chi connectivity index (χ0) is 17.6. The number of hydrogen-bond acceptors (Lipinski definition) is 4. The number of carbonyl (C=O) groups is 1. The van der Waals surface area contributed by atoms with Gasteiger partial charge in [-0.2, -0.15) is 0 Å². The summed E-state index contributed by atoms with van der Waals surface area (Å²) in [7, 11) is 0. The van der Waals surface area contributed by atoms with Crippen molar-refractivity contribution in [2.75, 3.05) is 32.8 Å². The van der Waals surface area contributed by atoms with Crippen LogP contribution in [0.1, 0.15) is 38.3 Å². The van der Waals surface area contributed by atoms with Crippen LogP contribution in [0.5, 0.6) is 0 Å². The van der Waals surface area contributed by atoms with Crippen LogP contribution in [0.4, 0.5) is 4.39 Å². The topological polar surface area (TPSA) is 67.6 Å². The van der Waals surface area contributed by atoms with E-state index in [0.29, 0.717) is 26.2 Å². The van der Waals surface area contributed by atoms with Crippen molar-refractivity contribution in [3.05, 3.63) is 35.6 Å². The van der Waals surface area contributed by atoms with Crippen molar-refractivity contribution in [3.63, 3.8) is 0 Å². The lowest BCUT2D eigenvalue weighted by Gasteiger charge is -2.35. The highest BCUT2D eigenvalue weighted by atomic mass is 19.1. The van der Waals surface area contributed by atoms with Gasteiger partial charge in [0, 0.05) is 19.6 Å². The molecule has 0 aliphatic carbocycles. The number of nitrogens with zero attached hydrogens (tertiary/aromatic N) is 1. The molecule has 1 aromatic carbocycles. The van der Waals surface area contributed by atoms with E-state index in [9.17, 15) is 9.18 Å². The van der Waals surface area contributed by atoms with E-state index in [1.165, 1.54) is 12.1 Å². The smallest absolute Gasteiger partial charge is 0.239 e. The van der Waals surface area contributed by atoms with Crippen LogP contribution >= 0.6 is 0 Å². The van der Waals surface area contributed by atoms with Gasteiger partial charge in [-0.3, -0.25) is 9.69 Å². The number of rotatable bonds is 7. The highest BCUT2D eigenvalue weighted by molar-refractivity contribution is 5.85. The SMILES string of the molecule is CCCC(C)(N)C(=O)NCC(c1ccc(F)cc1)N1CCOCC1. The molecule has 0 spiro atoms. The zero-order valence-corrected chi connectivity index (χ0v) is 14.6. The van der Waals surface area contributed by atoms with Crippen LogP contribution < -0.4 is 11.1 Å². The Labute approximate surface area is 143 Å². The van der Waals surface area contributed by atoms with Gasteiger partial charge in [-0.1, -0.05) is 25.5 Å². The molecule has 0 radical (unpaired) electrons. The Morgan fingerprint density at radius 3 is 2.58 bits per heavy atom. The average Bonchev–Trinajstić information content (AvgIpc) is 2.57. The first-order valence-corrected chi connectivity index (χ1v) is 8.58. The summed E-state index contributed by atoms with van der Waals surface area (Å²) in [5.74, 6) is -0.411. The Hall–Kier alpha value is -1.50. The van der Waals surface area contributed by atoms with Crippen LogP contribution in [-0.4, -0.2) is 49.2 Å². The first kappa shape index (κ1) is 18.8. The maximum atomic E-state index is 13.2. The van der Waals surface area contributed by atoms with Crippen molar-refractivity contribution in [1.82, 2.24) is 10.2 Å². The Bertz CT molecular complexity index is 528. The van der Waals surface area contributed by atoms with Crippen LogP contribution in [0.3, 0.4) is 0 Å². The van der Waals surface area contributed by atoms with E-state index in [1.807, 2.05) is 6.92 Å². The van der Waals surface area contributed by atoms with Crippen LogP contribution in [0.15, 0.2) is 24.3 Å². The number of morpholine rings is 1. The second kappa shape index (κ2) is 8.55. The molecule has 2 rings (SSSR count). The van der Waals surface area contributed by atoms with Crippen LogP contribution in [0.25, 0.3) is 0 Å². The van der Waals surface area contributed by atoms with E-state index in [2.05, 4.69) is 10.2 Å². The first-order valence-electron chi connectivity index (χ1n) is 8.58. The molecule has 6 heteroatoms. The van der Waals surface area contributed by atoms with E-state index < -0.39 is 5.54 Å². The van der Waals surface area contributed by atoms with Gasteiger partial charge in [0.05, 0.1) is 24.8 Å². The van der Waals surface area contributed by atoms with Gasteiger partial charge in [-0.15, -0.1) is 0 Å². The summed E-state index contributed by atoms with van der Waals surface area (Å²) in [6, 6.07) is 6.43. The molecule has 2 unspecified atom stereocenters. The summed E-state index contributed by atoms with van der Waals surface area (Å²) in [5, 5.41) is 2.98. The first-order chi connectivity index (χ1) is 11.4. The minimum Gasteiger partial charge on any atom is -0.379 e. The molecular formula is C18H28FN3O2. The number of benzene rings is 1. The van der Waals surface area contributed by atoms with Crippen molar-refractivity contribution < 1.29 is 13.9 Å². The molecule has 3 N–H and O–H groups in total. The molecule has 1 fully saturated rings. The maximum absolute atomic E-state index is 13.2. The summed E-state index contributed by atoms with van der Waals surface area (Å²) in [6.07, 6.45) is 1.49. The molecule has 0 saturated carbocycles. The van der Waals surface area contributed by atoms with E-state index in [0.717, 1.165) is 25.1 Å². The highest BCUT2D eigenvalue weighted by Gasteiger charge is 2.29. The summed E-state index contributed by atoms with van der Waals surface area (Å²) < 4.78 is 18.6. The average molecular weight is 337 g/mol. The normalized spacial score (nSPS) is 19.5. The lowest BCUT2D eigenvalue weighted by molar-refractivity contribution is -0.126. The maximum Gasteiger partial charge on any atom is 0.239 e. The fourth-order valence-electron chi connectivity index (χ4n) is 3.06. The molecule has 24 heavy (non-hydrogen) atoms. The third kappa shape index (κ3) is 5.00. The monoisotopic (exact) mass is 337 g/mol. The van der Waals surface area contributed by atoms with Crippen molar-refractivity contribution >= 4 is 5.91 Å². The Kier molecular flexibility index (Phi) is 6.71. The fourth-order valence-corrected chi connectivity index (χ4v) is 3.06. The van der Waals surface area contributed by atoms with Gasteiger partial charge in [0.1, 0.15) is 5.82 Å². The number of nitrogens with one attached hydrogen (secondary N) is 1. The van der Waals surface area contributed by atoms with Gasteiger partial charge in [0.25, 0.3) is 0 Å². The largest absolute Gasteiger partial charge is 0.379 e. The molecule has 1 heterocycles. The lowest BCUT2D eigenvalue weighted by atomic mass is 9.96. The second-order valence-electron chi connectivity index (χ2n) is 6.59. The quantitative estimate of drug-likeness (QED) is 0.797. The van der Waals surface area contributed by atoms with Gasteiger partial charge >= 0.3 is 0 Å². The van der Waals surface area contributed by atoms with Crippen LogP contribution in [-0.2, 0) is 9.53 Å². The predicted molar refractivity (Wildman–Crippen MR) is 92.0 cm³/mol. The Morgan fingerprint density at radius 1 is 1.38 bits per heavy atom. The summed E-state index contributed by atoms with van der Waals surface area (Å²) >= 11 is 0.